The molecular formula is C3H8N2O4S. The van der Waals surface area contributed by atoms with E-state index in [1.165, 1.54) is 6.92 Å². The van der Waals surface area contributed by atoms with Crippen LogP contribution in [0.1, 0.15) is 6.92 Å². The highest BCUT2D eigenvalue weighted by Crippen LogP contribution is 1.81. The molecule has 7 heteroatoms. The quantitative estimate of drug-likeness (QED) is 0.464. The Morgan fingerprint density at radius 3 is 2.20 bits per heavy atom. The summed E-state index contributed by atoms with van der Waals surface area (Å²) >= 11 is 0. The molecule has 0 saturated carbocycles. The summed E-state index contributed by atoms with van der Waals surface area (Å²) in [6, 6.07) is -1.19. The first-order valence-electron chi connectivity index (χ1n) is 2.36. The monoisotopic (exact) mass is 168 g/mol. The number of carbonyl (C=O) groups is 1. The average Bonchev–Trinajstić information content (AvgIpc) is 1.60. The van der Waals surface area contributed by atoms with Gasteiger partial charge in [-0.1, -0.05) is 0 Å². The number of nitrogens with two attached hydrogens (primary N) is 1. The van der Waals surface area contributed by atoms with Crippen molar-refractivity contribution in [3.8, 4) is 0 Å². The summed E-state index contributed by atoms with van der Waals surface area (Å²) in [6.45, 7) is 1.17. The molecule has 0 aromatic heterocycles. The average molecular weight is 168 g/mol. The summed E-state index contributed by atoms with van der Waals surface area (Å²) in [7, 11) is -3.90. The smallest absolute Gasteiger partial charge is 0.321 e. The maximum absolute atomic E-state index is 10.1. The fourth-order valence-corrected chi connectivity index (χ4v) is 0.890. The number of nitrogens with one attached hydrogen (secondary N) is 1. The topological polar surface area (TPSA) is 109 Å². The Bertz CT molecular complexity index is 221. The molecule has 0 heterocycles. The van der Waals surface area contributed by atoms with Gasteiger partial charge in [-0.2, -0.15) is 13.1 Å². The van der Waals surface area contributed by atoms with E-state index in [0.29, 0.717) is 0 Å². The van der Waals surface area contributed by atoms with E-state index in [1.807, 2.05) is 0 Å². The molecule has 0 bridgehead atoms. The molecule has 4 N–H and O–H groups in total. The number of carboxylic acid groups (broad SMARTS) is 1. The van der Waals surface area contributed by atoms with Crippen LogP contribution in [0.4, 0.5) is 0 Å². The summed E-state index contributed by atoms with van der Waals surface area (Å²) in [5.41, 5.74) is 0. The minimum atomic E-state index is -3.90. The molecule has 1 atom stereocenters. The van der Waals surface area contributed by atoms with E-state index in [1.54, 1.807) is 4.72 Å². The van der Waals surface area contributed by atoms with Crippen molar-refractivity contribution in [1.29, 1.82) is 0 Å². The van der Waals surface area contributed by atoms with Gasteiger partial charge in [0.2, 0.25) is 0 Å². The van der Waals surface area contributed by atoms with E-state index >= 15 is 0 Å². The molecule has 0 fully saturated rings. The molecule has 0 aliphatic carbocycles. The van der Waals surface area contributed by atoms with Crippen LogP contribution in [0, 0.1) is 0 Å². The Hall–Kier alpha value is -0.660. The standard InChI is InChI=1S/C3H8N2O4S/c1-2(3(6)7)5-10(4,8)9/h2,5H,1H3,(H,6,7)(H2,4,8,9)/t2-/m0/s1. The van der Waals surface area contributed by atoms with E-state index in [2.05, 4.69) is 5.14 Å². The van der Waals surface area contributed by atoms with Crippen LogP contribution in [0.3, 0.4) is 0 Å². The number of hydrogen-bond acceptors (Lipinski definition) is 3. The van der Waals surface area contributed by atoms with Gasteiger partial charge in [0, 0.05) is 0 Å². The molecule has 0 spiro atoms. The highest BCUT2D eigenvalue weighted by molar-refractivity contribution is 7.87. The van der Waals surface area contributed by atoms with E-state index in [4.69, 9.17) is 5.11 Å². The molecule has 6 nitrogen and oxygen atoms in total. The van der Waals surface area contributed by atoms with Crippen LogP contribution in [0.2, 0.25) is 0 Å². The van der Waals surface area contributed by atoms with E-state index in [9.17, 15) is 13.2 Å². The summed E-state index contributed by atoms with van der Waals surface area (Å²) in [5.74, 6) is -1.27. The van der Waals surface area contributed by atoms with Crippen molar-refractivity contribution < 1.29 is 18.3 Å². The summed E-state index contributed by atoms with van der Waals surface area (Å²) < 4.78 is 22.0. The summed E-state index contributed by atoms with van der Waals surface area (Å²) in [6.07, 6.45) is 0. The maximum Gasteiger partial charge on any atom is 0.321 e. The molecule has 0 aliphatic rings. The minimum absolute atomic E-state index is 1.17. The number of rotatable bonds is 3. The first kappa shape index (κ1) is 9.34. The zero-order chi connectivity index (χ0) is 8.36. The molecule has 0 rings (SSSR count). The Morgan fingerprint density at radius 2 is 2.10 bits per heavy atom. The second-order valence-electron chi connectivity index (χ2n) is 1.72. The largest absolute Gasteiger partial charge is 0.480 e. The first-order chi connectivity index (χ1) is 4.33. The molecule has 0 amide bonds. The fourth-order valence-electron chi connectivity index (χ4n) is 0.297. The van der Waals surface area contributed by atoms with Crippen molar-refractivity contribution in [2.75, 3.05) is 0 Å². The second-order valence-corrected chi connectivity index (χ2v) is 3.05. The highest BCUT2D eigenvalue weighted by Gasteiger charge is 2.14. The Labute approximate surface area is 58.2 Å². The molecule has 60 valence electrons. The molecule has 0 aliphatic heterocycles. The number of hydrogen-bond donors (Lipinski definition) is 3. The lowest BCUT2D eigenvalue weighted by Crippen LogP contribution is -2.41. The second kappa shape index (κ2) is 2.95. The van der Waals surface area contributed by atoms with Gasteiger partial charge in [0.15, 0.2) is 0 Å². The third kappa shape index (κ3) is 4.24. The highest BCUT2D eigenvalue weighted by atomic mass is 32.2. The van der Waals surface area contributed by atoms with Crippen LogP contribution in [0.15, 0.2) is 0 Å². The van der Waals surface area contributed by atoms with Crippen LogP contribution < -0.4 is 9.86 Å². The zero-order valence-corrected chi connectivity index (χ0v) is 6.05. The Morgan fingerprint density at radius 1 is 1.70 bits per heavy atom. The van der Waals surface area contributed by atoms with Gasteiger partial charge >= 0.3 is 5.97 Å². The van der Waals surface area contributed by atoms with Gasteiger partial charge in [-0.05, 0) is 6.92 Å². The van der Waals surface area contributed by atoms with Crippen LogP contribution in [-0.2, 0) is 15.0 Å². The maximum atomic E-state index is 10.1. The lowest BCUT2D eigenvalue weighted by atomic mass is 10.4. The predicted octanol–water partition coefficient (Wildman–Crippen LogP) is -1.75. The Kier molecular flexibility index (Phi) is 2.76. The van der Waals surface area contributed by atoms with Gasteiger partial charge in [-0.3, -0.25) is 4.79 Å². The van der Waals surface area contributed by atoms with Crippen LogP contribution >= 0.6 is 0 Å². The molecule has 0 aromatic rings. The van der Waals surface area contributed by atoms with Crippen LogP contribution in [0.25, 0.3) is 0 Å². The van der Waals surface area contributed by atoms with E-state index in [0.717, 1.165) is 0 Å². The van der Waals surface area contributed by atoms with Crippen molar-refractivity contribution in [2.24, 2.45) is 5.14 Å². The summed E-state index contributed by atoms with van der Waals surface area (Å²) in [4.78, 5) is 9.99. The fraction of sp³-hybridized carbons (Fsp3) is 0.667. The van der Waals surface area contributed by atoms with Gasteiger partial charge < -0.3 is 5.11 Å². The van der Waals surface area contributed by atoms with Crippen LogP contribution in [-0.4, -0.2) is 25.5 Å². The predicted molar refractivity (Wildman–Crippen MR) is 33.3 cm³/mol. The molecule has 10 heavy (non-hydrogen) atoms. The van der Waals surface area contributed by atoms with E-state index in [-0.39, 0.29) is 0 Å². The van der Waals surface area contributed by atoms with Crippen molar-refractivity contribution >= 4 is 16.2 Å². The summed E-state index contributed by atoms with van der Waals surface area (Å²) in [5, 5.41) is 12.6. The van der Waals surface area contributed by atoms with Gasteiger partial charge in [0.05, 0.1) is 0 Å². The van der Waals surface area contributed by atoms with Crippen molar-refractivity contribution in [3.63, 3.8) is 0 Å². The lowest BCUT2D eigenvalue weighted by molar-refractivity contribution is -0.138. The number of aliphatic carboxylic acids is 1. The zero-order valence-electron chi connectivity index (χ0n) is 5.23. The SMILES string of the molecule is C[C@H](NS(N)(=O)=O)C(=O)O. The van der Waals surface area contributed by atoms with Gasteiger partial charge in [0.25, 0.3) is 10.2 Å². The molecular weight excluding hydrogens is 160 g/mol. The lowest BCUT2D eigenvalue weighted by Gasteiger charge is -2.04. The molecule has 0 aromatic carbocycles. The Balaban J connectivity index is 4.06. The van der Waals surface area contributed by atoms with Gasteiger partial charge in [-0.15, -0.1) is 0 Å². The first-order valence-corrected chi connectivity index (χ1v) is 3.90. The molecule has 0 unspecified atom stereocenters. The molecule has 0 saturated heterocycles. The normalized spacial score (nSPS) is 14.6. The van der Waals surface area contributed by atoms with Crippen molar-refractivity contribution in [3.05, 3.63) is 0 Å². The van der Waals surface area contributed by atoms with Gasteiger partial charge in [-0.25, -0.2) is 5.14 Å². The third-order valence-corrected chi connectivity index (χ3v) is 1.39. The van der Waals surface area contributed by atoms with Crippen molar-refractivity contribution in [1.82, 2.24) is 4.72 Å². The van der Waals surface area contributed by atoms with Gasteiger partial charge in [0.1, 0.15) is 6.04 Å². The van der Waals surface area contributed by atoms with Crippen LogP contribution in [0.5, 0.6) is 0 Å². The number of carboxylic acids is 1. The van der Waals surface area contributed by atoms with E-state index < -0.39 is 22.2 Å². The van der Waals surface area contributed by atoms with Crippen molar-refractivity contribution in [2.45, 2.75) is 13.0 Å². The minimum Gasteiger partial charge on any atom is -0.480 e. The third-order valence-electron chi connectivity index (χ3n) is 0.711. The molecule has 0 radical (unpaired) electrons.